The second-order valence-corrected chi connectivity index (χ2v) is 8.55. The van der Waals surface area contributed by atoms with Crippen molar-refractivity contribution in [2.75, 3.05) is 0 Å². The molecule has 196 valence electrons. The van der Waals surface area contributed by atoms with Gasteiger partial charge < -0.3 is 10.1 Å². The third kappa shape index (κ3) is 7.83. The van der Waals surface area contributed by atoms with Crippen molar-refractivity contribution in [3.8, 4) is 5.75 Å². The molecule has 4 rings (SSSR count). The van der Waals surface area contributed by atoms with Gasteiger partial charge in [0.25, 0.3) is 11.6 Å². The van der Waals surface area contributed by atoms with Crippen LogP contribution in [0.15, 0.2) is 114 Å². The van der Waals surface area contributed by atoms with Crippen LogP contribution in [0.5, 0.6) is 5.75 Å². The number of amides is 2. The molecule has 0 heterocycles. The van der Waals surface area contributed by atoms with Gasteiger partial charge in [0, 0.05) is 23.3 Å². The number of non-ortho nitro benzene ring substituents is 1. The molecule has 0 aliphatic rings. The number of hydrazone groups is 1. The maximum atomic E-state index is 12.8. The minimum absolute atomic E-state index is 0.0103. The van der Waals surface area contributed by atoms with Crippen LogP contribution in [0.4, 0.5) is 5.69 Å². The Kier molecular flexibility index (Phi) is 9.12. The number of para-hydroxylation sites is 1. The average Bonchev–Trinajstić information content (AvgIpc) is 2.97. The first-order valence-electron chi connectivity index (χ1n) is 12.2. The average molecular weight is 523 g/mol. The van der Waals surface area contributed by atoms with E-state index in [1.807, 2.05) is 42.5 Å². The third-order valence-corrected chi connectivity index (χ3v) is 5.79. The number of benzene rings is 4. The maximum absolute atomic E-state index is 12.8. The van der Waals surface area contributed by atoms with Gasteiger partial charge in [0.2, 0.25) is 5.91 Å². The molecule has 39 heavy (non-hydrogen) atoms. The largest absolute Gasteiger partial charge is 0.488 e. The first-order chi connectivity index (χ1) is 19.0. The van der Waals surface area contributed by atoms with Crippen molar-refractivity contribution in [2.24, 2.45) is 5.10 Å². The van der Waals surface area contributed by atoms with Crippen LogP contribution in [-0.2, 0) is 11.4 Å². The minimum Gasteiger partial charge on any atom is -0.488 e. The molecule has 9 heteroatoms. The quantitative estimate of drug-likeness (QED) is 0.160. The van der Waals surface area contributed by atoms with Crippen molar-refractivity contribution >= 4 is 23.7 Å². The number of nitrogens with one attached hydrogen (secondary N) is 2. The molecule has 9 nitrogen and oxygen atoms in total. The van der Waals surface area contributed by atoms with E-state index in [2.05, 4.69) is 15.8 Å². The van der Waals surface area contributed by atoms with E-state index in [4.69, 9.17) is 4.74 Å². The fraction of sp³-hybridized carbons (Fsp3) is 0.100. The predicted octanol–water partition coefficient (Wildman–Crippen LogP) is 5.19. The van der Waals surface area contributed by atoms with Gasteiger partial charge in [-0.05, 0) is 47.5 Å². The molecule has 1 atom stereocenters. The van der Waals surface area contributed by atoms with Crippen LogP contribution in [0.25, 0.3) is 0 Å². The van der Waals surface area contributed by atoms with Crippen LogP contribution in [-0.4, -0.2) is 23.0 Å². The molecule has 2 amide bonds. The Balaban J connectivity index is 1.37. The SMILES string of the molecule is O=C(C[C@@H](NC(=O)c1ccccc1)c1ccccc1)N/N=C\c1ccccc1OCc1ccc([N+](=O)[O-])cc1. The van der Waals surface area contributed by atoms with Gasteiger partial charge in [0.05, 0.1) is 23.6 Å². The molecule has 0 bridgehead atoms. The number of ether oxygens (including phenoxy) is 1. The zero-order valence-corrected chi connectivity index (χ0v) is 20.9. The molecule has 4 aromatic carbocycles. The molecule has 0 fully saturated rings. The van der Waals surface area contributed by atoms with E-state index in [0.29, 0.717) is 16.9 Å². The van der Waals surface area contributed by atoms with Gasteiger partial charge in [-0.25, -0.2) is 5.43 Å². The first-order valence-corrected chi connectivity index (χ1v) is 12.2. The van der Waals surface area contributed by atoms with Crippen molar-refractivity contribution in [1.29, 1.82) is 0 Å². The zero-order valence-electron chi connectivity index (χ0n) is 20.9. The Morgan fingerprint density at radius 3 is 2.21 bits per heavy atom. The standard InChI is InChI=1S/C30H26N4O5/c35-29(19-27(23-9-3-1-4-10-23)32-30(36)24-11-5-2-6-12-24)33-31-20-25-13-7-8-14-28(25)39-21-22-15-17-26(18-16-22)34(37)38/h1-18,20,27H,19,21H2,(H,32,36)(H,33,35)/b31-20-/t27-/m1/s1. The van der Waals surface area contributed by atoms with Crippen molar-refractivity contribution < 1.29 is 19.2 Å². The summed E-state index contributed by atoms with van der Waals surface area (Å²) in [6, 6.07) is 30.8. The second kappa shape index (κ2) is 13.3. The number of hydrogen-bond donors (Lipinski definition) is 2. The van der Waals surface area contributed by atoms with Crippen LogP contribution in [0, 0.1) is 10.1 Å². The van der Waals surface area contributed by atoms with Gasteiger partial charge in [0.15, 0.2) is 0 Å². The topological polar surface area (TPSA) is 123 Å². The van der Waals surface area contributed by atoms with E-state index < -0.39 is 11.0 Å². The van der Waals surface area contributed by atoms with Crippen LogP contribution < -0.4 is 15.5 Å². The molecule has 0 radical (unpaired) electrons. The van der Waals surface area contributed by atoms with Gasteiger partial charge in [-0.15, -0.1) is 0 Å². The summed E-state index contributed by atoms with van der Waals surface area (Å²) in [4.78, 5) is 35.9. The molecule has 0 saturated carbocycles. The molecule has 0 aliphatic carbocycles. The lowest BCUT2D eigenvalue weighted by Crippen LogP contribution is -2.32. The van der Waals surface area contributed by atoms with E-state index >= 15 is 0 Å². The van der Waals surface area contributed by atoms with E-state index in [1.54, 1.807) is 54.6 Å². The summed E-state index contributed by atoms with van der Waals surface area (Å²) < 4.78 is 5.87. The monoisotopic (exact) mass is 522 g/mol. The van der Waals surface area contributed by atoms with Crippen molar-refractivity contribution in [3.63, 3.8) is 0 Å². The molecule has 0 aliphatic heterocycles. The van der Waals surface area contributed by atoms with Gasteiger partial charge in [-0.1, -0.05) is 60.7 Å². The Morgan fingerprint density at radius 2 is 1.51 bits per heavy atom. The van der Waals surface area contributed by atoms with E-state index in [-0.39, 0.29) is 30.5 Å². The highest BCUT2D eigenvalue weighted by Gasteiger charge is 2.19. The van der Waals surface area contributed by atoms with Crippen LogP contribution >= 0.6 is 0 Å². The van der Waals surface area contributed by atoms with Crippen molar-refractivity contribution in [1.82, 2.24) is 10.7 Å². The summed E-state index contributed by atoms with van der Waals surface area (Å²) in [6.07, 6.45) is 1.46. The summed E-state index contributed by atoms with van der Waals surface area (Å²) in [5.41, 5.74) is 5.24. The number of nitro groups is 1. The summed E-state index contributed by atoms with van der Waals surface area (Å²) in [7, 11) is 0. The third-order valence-electron chi connectivity index (χ3n) is 5.79. The lowest BCUT2D eigenvalue weighted by molar-refractivity contribution is -0.384. The highest BCUT2D eigenvalue weighted by molar-refractivity contribution is 5.94. The summed E-state index contributed by atoms with van der Waals surface area (Å²) in [6.45, 7) is 0.203. The molecule has 0 unspecified atom stereocenters. The summed E-state index contributed by atoms with van der Waals surface area (Å²) in [5.74, 6) is -0.122. The lowest BCUT2D eigenvalue weighted by atomic mass is 10.0. The number of hydrogen-bond acceptors (Lipinski definition) is 6. The molecule has 0 spiro atoms. The Hall–Kier alpha value is -5.31. The Morgan fingerprint density at radius 1 is 0.872 bits per heavy atom. The number of rotatable bonds is 11. The fourth-order valence-electron chi connectivity index (χ4n) is 3.77. The fourth-order valence-corrected chi connectivity index (χ4v) is 3.77. The second-order valence-electron chi connectivity index (χ2n) is 8.55. The minimum atomic E-state index is -0.550. The van der Waals surface area contributed by atoms with Crippen LogP contribution in [0.2, 0.25) is 0 Å². The zero-order chi connectivity index (χ0) is 27.5. The first kappa shape index (κ1) is 26.7. The van der Waals surface area contributed by atoms with E-state index in [9.17, 15) is 19.7 Å². The molecule has 4 aromatic rings. The van der Waals surface area contributed by atoms with Gasteiger partial charge in [-0.2, -0.15) is 5.10 Å². The highest BCUT2D eigenvalue weighted by Crippen LogP contribution is 2.20. The van der Waals surface area contributed by atoms with Gasteiger partial charge in [-0.3, -0.25) is 19.7 Å². The lowest BCUT2D eigenvalue weighted by Gasteiger charge is -2.18. The highest BCUT2D eigenvalue weighted by atomic mass is 16.6. The van der Waals surface area contributed by atoms with E-state index in [1.165, 1.54) is 18.3 Å². The molecular formula is C30H26N4O5. The van der Waals surface area contributed by atoms with Gasteiger partial charge in [0.1, 0.15) is 12.4 Å². The summed E-state index contributed by atoms with van der Waals surface area (Å²) in [5, 5.41) is 17.8. The van der Waals surface area contributed by atoms with Crippen LogP contribution in [0.1, 0.15) is 39.5 Å². The van der Waals surface area contributed by atoms with E-state index in [0.717, 1.165) is 11.1 Å². The van der Waals surface area contributed by atoms with Gasteiger partial charge >= 0.3 is 0 Å². The Labute approximate surface area is 225 Å². The summed E-state index contributed by atoms with van der Waals surface area (Å²) >= 11 is 0. The molecular weight excluding hydrogens is 496 g/mol. The molecule has 2 N–H and O–H groups in total. The Bertz CT molecular complexity index is 1440. The molecule has 0 aromatic heterocycles. The van der Waals surface area contributed by atoms with Crippen LogP contribution in [0.3, 0.4) is 0 Å². The smallest absolute Gasteiger partial charge is 0.269 e. The number of nitro benzene ring substituents is 1. The predicted molar refractivity (Wildman–Crippen MR) is 147 cm³/mol. The van der Waals surface area contributed by atoms with Crippen molar-refractivity contribution in [2.45, 2.75) is 19.1 Å². The number of carbonyl (C=O) groups excluding carboxylic acids is 2. The molecule has 0 saturated heterocycles. The normalized spacial score (nSPS) is 11.5. The maximum Gasteiger partial charge on any atom is 0.269 e. The number of nitrogens with zero attached hydrogens (tertiary/aromatic N) is 2. The van der Waals surface area contributed by atoms with Crippen molar-refractivity contribution in [3.05, 3.63) is 142 Å². The number of carbonyl (C=O) groups is 2.